The van der Waals surface area contributed by atoms with Crippen LogP contribution in [0.3, 0.4) is 0 Å². The summed E-state index contributed by atoms with van der Waals surface area (Å²) in [6.45, 7) is 1.96. The zero-order chi connectivity index (χ0) is 16.2. The highest BCUT2D eigenvalue weighted by Crippen LogP contribution is 2.12. The van der Waals surface area contributed by atoms with Crippen LogP contribution in [0.2, 0.25) is 0 Å². The zero-order valence-electron chi connectivity index (χ0n) is 12.2. The van der Waals surface area contributed by atoms with Crippen molar-refractivity contribution in [2.24, 2.45) is 0 Å². The van der Waals surface area contributed by atoms with E-state index in [0.29, 0.717) is 6.42 Å². The van der Waals surface area contributed by atoms with Gasteiger partial charge in [0, 0.05) is 17.9 Å². The summed E-state index contributed by atoms with van der Waals surface area (Å²) in [6.07, 6.45) is 1.71. The summed E-state index contributed by atoms with van der Waals surface area (Å²) < 4.78 is 22.7. The van der Waals surface area contributed by atoms with Crippen molar-refractivity contribution >= 4 is 21.4 Å². The van der Waals surface area contributed by atoms with Crippen molar-refractivity contribution in [3.63, 3.8) is 0 Å². The molecular weight excluding hydrogens is 302 g/mol. The average Bonchev–Trinajstić information content (AvgIpc) is 2.80. The van der Waals surface area contributed by atoms with Gasteiger partial charge in [0.2, 0.25) is 0 Å². The molecule has 2 rings (SSSR count). The maximum absolute atomic E-state index is 12.0. The maximum Gasteiger partial charge on any atom is 0.263 e. The predicted molar refractivity (Wildman–Crippen MR) is 83.7 cm³/mol. The fourth-order valence-corrected chi connectivity index (χ4v) is 3.80. The summed E-state index contributed by atoms with van der Waals surface area (Å²) in [4.78, 5) is 12.0. The molecule has 0 unspecified atom stereocenters. The third-order valence-electron chi connectivity index (χ3n) is 3.37. The predicted octanol–water partition coefficient (Wildman–Crippen LogP) is 1.12. The molecule has 0 spiro atoms. The Morgan fingerprint density at radius 1 is 1.36 bits per heavy atom. The van der Waals surface area contributed by atoms with Crippen LogP contribution in [-0.2, 0) is 14.6 Å². The lowest BCUT2D eigenvalue weighted by Crippen LogP contribution is -2.36. The molecule has 1 aromatic rings. The van der Waals surface area contributed by atoms with Gasteiger partial charge in [-0.1, -0.05) is 17.7 Å². The molecule has 2 N–H and O–H groups in total. The topological polar surface area (TPSA) is 99.1 Å². The molecule has 1 aliphatic heterocycles. The number of carbonyl (C=O) groups excluding carboxylic acids is 1. The molecule has 1 aromatic carbocycles. The molecule has 0 aliphatic carbocycles. The van der Waals surface area contributed by atoms with Gasteiger partial charge in [0.25, 0.3) is 5.91 Å². The van der Waals surface area contributed by atoms with Crippen LogP contribution < -0.4 is 10.6 Å². The number of rotatable bonds is 4. The number of amides is 1. The Morgan fingerprint density at radius 2 is 2.05 bits per heavy atom. The first-order chi connectivity index (χ1) is 10.4. The Hall–Kier alpha value is -2.33. The molecule has 0 saturated carbocycles. The van der Waals surface area contributed by atoms with Crippen molar-refractivity contribution in [3.05, 3.63) is 41.6 Å². The van der Waals surface area contributed by atoms with E-state index in [1.165, 1.54) is 6.20 Å². The number of carbonyl (C=O) groups is 1. The van der Waals surface area contributed by atoms with Crippen molar-refractivity contribution in [3.8, 4) is 6.07 Å². The molecule has 1 aliphatic rings. The molecular formula is C15H17N3O3S. The number of aryl methyl sites for hydroxylation is 1. The van der Waals surface area contributed by atoms with Gasteiger partial charge in [-0.05, 0) is 25.5 Å². The van der Waals surface area contributed by atoms with Crippen LogP contribution in [0.1, 0.15) is 12.0 Å². The lowest BCUT2D eigenvalue weighted by atomic mass is 10.2. The van der Waals surface area contributed by atoms with E-state index in [9.17, 15) is 13.2 Å². The summed E-state index contributed by atoms with van der Waals surface area (Å²) in [6, 6.07) is 8.88. The molecule has 6 nitrogen and oxygen atoms in total. The molecule has 0 radical (unpaired) electrons. The fourth-order valence-electron chi connectivity index (χ4n) is 2.13. The quantitative estimate of drug-likeness (QED) is 0.640. The smallest absolute Gasteiger partial charge is 0.263 e. The lowest BCUT2D eigenvalue weighted by Gasteiger charge is -2.10. The summed E-state index contributed by atoms with van der Waals surface area (Å²) in [7, 11) is -3.07. The number of nitriles is 1. The van der Waals surface area contributed by atoms with Crippen LogP contribution >= 0.6 is 0 Å². The summed E-state index contributed by atoms with van der Waals surface area (Å²) in [5.41, 5.74) is 1.77. The number of hydrogen-bond acceptors (Lipinski definition) is 5. The molecule has 1 fully saturated rings. The van der Waals surface area contributed by atoms with Crippen LogP contribution in [0, 0.1) is 18.3 Å². The second-order valence-electron chi connectivity index (χ2n) is 5.25. The summed E-state index contributed by atoms with van der Waals surface area (Å²) in [5, 5.41) is 14.5. The Labute approximate surface area is 129 Å². The minimum absolute atomic E-state index is 0.0666. The van der Waals surface area contributed by atoms with Crippen LogP contribution in [0.15, 0.2) is 36.0 Å². The van der Waals surface area contributed by atoms with Gasteiger partial charge in [0.1, 0.15) is 11.6 Å². The van der Waals surface area contributed by atoms with Crippen LogP contribution in [0.4, 0.5) is 5.69 Å². The highest BCUT2D eigenvalue weighted by Gasteiger charge is 2.29. The molecule has 1 amide bonds. The standard InChI is InChI=1S/C15H17N3O3S/c1-11-2-4-13(5-3-11)17-9-12(8-16)15(19)18-14-6-7-22(20,21)10-14/h2-5,9,14,17H,6-7,10H2,1H3,(H,18,19)/b12-9-/t14-/m1/s1. The van der Waals surface area contributed by atoms with Gasteiger partial charge < -0.3 is 10.6 Å². The molecule has 22 heavy (non-hydrogen) atoms. The van der Waals surface area contributed by atoms with E-state index in [1.54, 1.807) is 0 Å². The highest BCUT2D eigenvalue weighted by molar-refractivity contribution is 7.91. The Bertz CT molecular complexity index is 730. The van der Waals surface area contributed by atoms with E-state index < -0.39 is 21.8 Å². The van der Waals surface area contributed by atoms with Gasteiger partial charge in [-0.2, -0.15) is 5.26 Å². The van der Waals surface area contributed by atoms with Crippen molar-refractivity contribution in [2.45, 2.75) is 19.4 Å². The van der Waals surface area contributed by atoms with Crippen molar-refractivity contribution < 1.29 is 13.2 Å². The molecule has 7 heteroatoms. The minimum Gasteiger partial charge on any atom is -0.360 e. The number of benzene rings is 1. The molecule has 1 atom stereocenters. The molecule has 116 valence electrons. The SMILES string of the molecule is Cc1ccc(N/C=C(/C#N)C(=O)N[C@@H]2CCS(=O)(=O)C2)cc1. The van der Waals surface area contributed by atoms with Crippen LogP contribution in [0.5, 0.6) is 0 Å². The number of hydrogen-bond donors (Lipinski definition) is 2. The van der Waals surface area contributed by atoms with Gasteiger partial charge in [0.05, 0.1) is 11.5 Å². The van der Waals surface area contributed by atoms with Gasteiger partial charge in [-0.15, -0.1) is 0 Å². The largest absolute Gasteiger partial charge is 0.360 e. The zero-order valence-corrected chi connectivity index (χ0v) is 13.0. The molecule has 0 aromatic heterocycles. The number of nitrogens with one attached hydrogen (secondary N) is 2. The van der Waals surface area contributed by atoms with E-state index in [0.717, 1.165) is 11.3 Å². The van der Waals surface area contributed by atoms with Crippen molar-refractivity contribution in [1.82, 2.24) is 5.32 Å². The molecule has 1 heterocycles. The van der Waals surface area contributed by atoms with Crippen molar-refractivity contribution in [2.75, 3.05) is 16.8 Å². The fraction of sp³-hybridized carbons (Fsp3) is 0.333. The first-order valence-corrected chi connectivity index (χ1v) is 8.66. The van der Waals surface area contributed by atoms with E-state index in [2.05, 4.69) is 10.6 Å². The Morgan fingerprint density at radius 3 is 2.59 bits per heavy atom. The number of anilines is 1. The number of sulfone groups is 1. The second kappa shape index (κ2) is 6.62. The first kappa shape index (κ1) is 16.0. The third-order valence-corrected chi connectivity index (χ3v) is 5.14. The van der Waals surface area contributed by atoms with E-state index in [4.69, 9.17) is 5.26 Å². The van der Waals surface area contributed by atoms with Gasteiger partial charge >= 0.3 is 0 Å². The van der Waals surface area contributed by atoms with Gasteiger partial charge in [-0.3, -0.25) is 4.79 Å². The first-order valence-electron chi connectivity index (χ1n) is 6.84. The number of nitrogens with zero attached hydrogens (tertiary/aromatic N) is 1. The second-order valence-corrected chi connectivity index (χ2v) is 7.48. The van der Waals surface area contributed by atoms with E-state index >= 15 is 0 Å². The van der Waals surface area contributed by atoms with Crippen LogP contribution in [0.25, 0.3) is 0 Å². The monoisotopic (exact) mass is 319 g/mol. The third kappa shape index (κ3) is 4.33. The van der Waals surface area contributed by atoms with Crippen molar-refractivity contribution in [1.29, 1.82) is 5.26 Å². The van der Waals surface area contributed by atoms with E-state index in [-0.39, 0.29) is 17.1 Å². The lowest BCUT2D eigenvalue weighted by molar-refractivity contribution is -0.117. The van der Waals surface area contributed by atoms with Crippen LogP contribution in [-0.4, -0.2) is 31.9 Å². The highest BCUT2D eigenvalue weighted by atomic mass is 32.2. The van der Waals surface area contributed by atoms with E-state index in [1.807, 2.05) is 37.3 Å². The summed E-state index contributed by atoms with van der Waals surface area (Å²) in [5.74, 6) is -0.558. The normalized spacial score (nSPS) is 20.2. The minimum atomic E-state index is -3.07. The maximum atomic E-state index is 12.0. The van der Waals surface area contributed by atoms with Gasteiger partial charge in [-0.25, -0.2) is 8.42 Å². The molecule has 0 bridgehead atoms. The Balaban J connectivity index is 1.98. The Kier molecular flexibility index (Phi) is 4.83. The van der Waals surface area contributed by atoms with Gasteiger partial charge in [0.15, 0.2) is 9.84 Å². The summed E-state index contributed by atoms with van der Waals surface area (Å²) >= 11 is 0. The molecule has 1 saturated heterocycles. The average molecular weight is 319 g/mol.